The number of anilines is 1. The third-order valence-corrected chi connectivity index (χ3v) is 5.38. The monoisotopic (exact) mass is 358 g/mol. The molecule has 1 fully saturated rings. The molecule has 1 aliphatic heterocycles. The lowest BCUT2D eigenvalue weighted by Gasteiger charge is -2.32. The Bertz CT molecular complexity index is 680. The van der Waals surface area contributed by atoms with Crippen LogP contribution in [0.2, 0.25) is 5.02 Å². The van der Waals surface area contributed by atoms with Gasteiger partial charge in [0.15, 0.2) is 0 Å². The molecule has 0 spiro atoms. The van der Waals surface area contributed by atoms with Crippen LogP contribution in [0.1, 0.15) is 24.0 Å². The van der Waals surface area contributed by atoms with E-state index in [2.05, 4.69) is 5.32 Å². The number of nitrogens with zero attached hydrogens (tertiary/aromatic N) is 1. The van der Waals surface area contributed by atoms with Gasteiger partial charge in [-0.15, -0.1) is 0 Å². The number of hydrogen-bond acceptors (Lipinski definition) is 3. The minimum Gasteiger partial charge on any atom is -0.324 e. The molecule has 23 heavy (non-hydrogen) atoms. The van der Waals surface area contributed by atoms with E-state index >= 15 is 0 Å². The molecular weight excluding hydrogens is 336 g/mol. The average Bonchev–Trinajstić information content (AvgIpc) is 2.41. The number of likely N-dealkylation sites (tertiary alicyclic amines) is 1. The fraction of sp³-hybridized carbons (Fsp3) is 0.562. The lowest BCUT2D eigenvalue weighted by molar-refractivity contribution is 0.183. The summed E-state index contributed by atoms with van der Waals surface area (Å²) in [6.45, 7) is 4.94. The van der Waals surface area contributed by atoms with Crippen molar-refractivity contribution in [2.75, 3.05) is 30.4 Å². The van der Waals surface area contributed by atoms with E-state index in [9.17, 15) is 13.2 Å². The van der Waals surface area contributed by atoms with Crippen LogP contribution in [0.4, 0.5) is 10.5 Å². The first kappa shape index (κ1) is 18.1. The van der Waals surface area contributed by atoms with E-state index in [4.69, 9.17) is 11.6 Å². The van der Waals surface area contributed by atoms with Gasteiger partial charge in [0.05, 0.1) is 16.5 Å². The Kier molecular flexibility index (Phi) is 5.57. The highest BCUT2D eigenvalue weighted by Crippen LogP contribution is 2.28. The number of halogens is 1. The van der Waals surface area contributed by atoms with E-state index in [-0.39, 0.29) is 17.7 Å². The predicted molar refractivity (Wildman–Crippen MR) is 94.0 cm³/mol. The van der Waals surface area contributed by atoms with Gasteiger partial charge in [0.2, 0.25) is 0 Å². The van der Waals surface area contributed by atoms with E-state index in [1.54, 1.807) is 4.90 Å². The summed E-state index contributed by atoms with van der Waals surface area (Å²) in [5.74, 6) is 0.125. The van der Waals surface area contributed by atoms with Crippen LogP contribution in [0.15, 0.2) is 12.1 Å². The number of aryl methyl sites for hydroxylation is 2. The van der Waals surface area contributed by atoms with E-state index in [1.165, 1.54) is 6.26 Å². The van der Waals surface area contributed by atoms with E-state index in [1.807, 2.05) is 26.0 Å². The molecule has 1 atom stereocenters. The van der Waals surface area contributed by atoms with Crippen LogP contribution in [-0.2, 0) is 9.84 Å². The van der Waals surface area contributed by atoms with Crippen molar-refractivity contribution in [3.63, 3.8) is 0 Å². The molecule has 2 rings (SSSR count). The molecule has 0 bridgehead atoms. The third-order valence-electron chi connectivity index (χ3n) is 4.01. The predicted octanol–water partition coefficient (Wildman–Crippen LogP) is 3.25. The molecule has 1 N–H and O–H groups in total. The Labute approximate surface area is 142 Å². The number of amides is 2. The molecule has 1 saturated heterocycles. The molecule has 128 valence electrons. The first-order chi connectivity index (χ1) is 10.7. The van der Waals surface area contributed by atoms with Crippen LogP contribution < -0.4 is 5.32 Å². The fourth-order valence-electron chi connectivity index (χ4n) is 3.07. The van der Waals surface area contributed by atoms with Gasteiger partial charge in [0.25, 0.3) is 0 Å². The van der Waals surface area contributed by atoms with Crippen molar-refractivity contribution in [2.45, 2.75) is 26.7 Å². The first-order valence-electron chi connectivity index (χ1n) is 7.66. The average molecular weight is 359 g/mol. The number of nitrogens with one attached hydrogen (secondary N) is 1. The van der Waals surface area contributed by atoms with Gasteiger partial charge in [-0.2, -0.15) is 0 Å². The van der Waals surface area contributed by atoms with Crippen molar-refractivity contribution in [2.24, 2.45) is 5.92 Å². The summed E-state index contributed by atoms with van der Waals surface area (Å²) in [6, 6.07) is 3.55. The Hall–Kier alpha value is -1.27. The molecular formula is C16H23ClN2O3S. The van der Waals surface area contributed by atoms with Crippen molar-refractivity contribution < 1.29 is 13.2 Å². The molecule has 1 aliphatic rings. The topological polar surface area (TPSA) is 66.5 Å². The second-order valence-electron chi connectivity index (χ2n) is 6.42. The number of benzene rings is 1. The largest absolute Gasteiger partial charge is 0.324 e. The van der Waals surface area contributed by atoms with Crippen molar-refractivity contribution in [3.05, 3.63) is 28.3 Å². The van der Waals surface area contributed by atoms with Gasteiger partial charge in [0.1, 0.15) is 9.84 Å². The number of carbonyl (C=O) groups excluding carboxylic acids is 1. The summed E-state index contributed by atoms with van der Waals surface area (Å²) in [7, 11) is -3.03. The van der Waals surface area contributed by atoms with Crippen LogP contribution >= 0.6 is 11.6 Å². The zero-order valence-electron chi connectivity index (χ0n) is 13.7. The number of sulfone groups is 1. The zero-order chi connectivity index (χ0) is 17.2. The van der Waals surface area contributed by atoms with Gasteiger partial charge in [-0.3, -0.25) is 0 Å². The molecule has 0 saturated carbocycles. The highest BCUT2D eigenvalue weighted by molar-refractivity contribution is 7.90. The summed E-state index contributed by atoms with van der Waals surface area (Å²) in [6.07, 6.45) is 2.89. The van der Waals surface area contributed by atoms with Gasteiger partial charge in [-0.05, 0) is 49.8 Å². The Morgan fingerprint density at radius 3 is 2.70 bits per heavy atom. The summed E-state index contributed by atoms with van der Waals surface area (Å²) in [4.78, 5) is 14.2. The van der Waals surface area contributed by atoms with Gasteiger partial charge in [-0.25, -0.2) is 13.2 Å². The third kappa shape index (κ3) is 5.11. The first-order valence-corrected chi connectivity index (χ1v) is 10.1. The summed E-state index contributed by atoms with van der Waals surface area (Å²) < 4.78 is 22.9. The molecule has 0 radical (unpaired) electrons. The highest BCUT2D eigenvalue weighted by Gasteiger charge is 2.26. The molecule has 0 unspecified atom stereocenters. The summed E-state index contributed by atoms with van der Waals surface area (Å²) in [5, 5.41) is 3.38. The van der Waals surface area contributed by atoms with E-state index in [0.717, 1.165) is 24.0 Å². The van der Waals surface area contributed by atoms with Gasteiger partial charge in [-0.1, -0.05) is 17.7 Å². The quantitative estimate of drug-likeness (QED) is 0.901. The van der Waals surface area contributed by atoms with Gasteiger partial charge < -0.3 is 10.2 Å². The number of carbonyl (C=O) groups is 1. The number of hydrogen-bond donors (Lipinski definition) is 1. The van der Waals surface area contributed by atoms with Crippen molar-refractivity contribution >= 4 is 33.2 Å². The SMILES string of the molecule is Cc1cc(C)c(NC(=O)N2CCC[C@@H](CS(C)(=O)=O)C2)c(Cl)c1. The van der Waals surface area contributed by atoms with Gasteiger partial charge >= 0.3 is 6.03 Å². The Morgan fingerprint density at radius 1 is 1.39 bits per heavy atom. The molecule has 0 aliphatic carbocycles. The maximum Gasteiger partial charge on any atom is 0.321 e. The lowest BCUT2D eigenvalue weighted by atomic mass is 10.0. The minimum absolute atomic E-state index is 0.000846. The van der Waals surface area contributed by atoms with Crippen LogP contribution in [0.25, 0.3) is 0 Å². The number of piperidine rings is 1. The van der Waals surface area contributed by atoms with Crippen molar-refractivity contribution in [1.29, 1.82) is 0 Å². The highest BCUT2D eigenvalue weighted by atomic mass is 35.5. The van der Waals surface area contributed by atoms with Crippen LogP contribution in [0, 0.1) is 19.8 Å². The fourth-order valence-corrected chi connectivity index (χ4v) is 4.57. The minimum atomic E-state index is -3.03. The summed E-state index contributed by atoms with van der Waals surface area (Å²) >= 11 is 6.22. The smallest absolute Gasteiger partial charge is 0.321 e. The normalized spacial score (nSPS) is 18.8. The van der Waals surface area contributed by atoms with Crippen LogP contribution in [0.5, 0.6) is 0 Å². The second kappa shape index (κ2) is 7.09. The second-order valence-corrected chi connectivity index (χ2v) is 9.01. The van der Waals surface area contributed by atoms with Gasteiger partial charge in [0, 0.05) is 19.3 Å². The molecule has 5 nitrogen and oxygen atoms in total. The molecule has 0 aromatic heterocycles. The molecule has 1 aromatic carbocycles. The molecule has 1 aromatic rings. The van der Waals surface area contributed by atoms with Crippen LogP contribution in [-0.4, -0.2) is 44.4 Å². The Balaban J connectivity index is 2.06. The van der Waals surface area contributed by atoms with Crippen LogP contribution in [0.3, 0.4) is 0 Å². The molecule has 1 heterocycles. The van der Waals surface area contributed by atoms with E-state index in [0.29, 0.717) is 23.8 Å². The van der Waals surface area contributed by atoms with Crippen molar-refractivity contribution in [1.82, 2.24) is 4.90 Å². The Morgan fingerprint density at radius 2 is 2.09 bits per heavy atom. The van der Waals surface area contributed by atoms with E-state index < -0.39 is 9.84 Å². The standard InChI is InChI=1S/C16H23ClN2O3S/c1-11-7-12(2)15(14(17)8-11)18-16(20)19-6-4-5-13(9-19)10-23(3,21)22/h7-8,13H,4-6,9-10H2,1-3H3,(H,18,20)/t13-/m1/s1. The van der Waals surface area contributed by atoms with Crippen molar-refractivity contribution in [3.8, 4) is 0 Å². The number of rotatable bonds is 3. The molecule has 7 heteroatoms. The maximum absolute atomic E-state index is 12.5. The zero-order valence-corrected chi connectivity index (χ0v) is 15.3. The lowest BCUT2D eigenvalue weighted by Crippen LogP contribution is -2.44. The molecule has 2 amide bonds. The summed E-state index contributed by atoms with van der Waals surface area (Å²) in [5.41, 5.74) is 2.57. The maximum atomic E-state index is 12.5. The number of urea groups is 1.